The van der Waals surface area contributed by atoms with Crippen molar-refractivity contribution >= 4 is 12.0 Å². The maximum Gasteiger partial charge on any atom is 0.408 e. The van der Waals surface area contributed by atoms with Crippen LogP contribution in [0.2, 0.25) is 0 Å². The average Bonchev–Trinajstić information content (AvgIpc) is 2.36. The van der Waals surface area contributed by atoms with Crippen LogP contribution in [0.4, 0.5) is 4.79 Å². The summed E-state index contributed by atoms with van der Waals surface area (Å²) in [6.07, 6.45) is -0.479. The molecule has 6 heteroatoms. The number of rotatable bonds is 5. The molecule has 0 saturated carbocycles. The summed E-state index contributed by atoms with van der Waals surface area (Å²) in [4.78, 5) is 23.0. The average molecular weight is 293 g/mol. The molecule has 0 spiro atoms. The van der Waals surface area contributed by atoms with E-state index in [9.17, 15) is 9.59 Å². The minimum Gasteiger partial charge on any atom is -0.497 e. The lowest BCUT2D eigenvalue weighted by molar-refractivity contribution is -0.120. The molecule has 0 heterocycles. The van der Waals surface area contributed by atoms with E-state index >= 15 is 0 Å². The minimum absolute atomic E-state index is 0.228. The highest BCUT2D eigenvalue weighted by molar-refractivity contribution is 5.84. The number of nitrogens with one attached hydrogen (secondary N) is 2. The van der Waals surface area contributed by atoms with Crippen molar-refractivity contribution in [2.75, 3.05) is 7.11 Å². The second kappa shape index (κ2) is 6.97. The third kappa shape index (κ3) is 6.16. The van der Waals surface area contributed by atoms with Crippen molar-refractivity contribution in [2.45, 2.75) is 38.8 Å². The topological polar surface area (TPSA) is 88.4 Å². The fourth-order valence-corrected chi connectivity index (χ4v) is 1.66. The zero-order valence-electron chi connectivity index (χ0n) is 12.7. The van der Waals surface area contributed by atoms with Crippen LogP contribution in [0.3, 0.4) is 0 Å². The van der Waals surface area contributed by atoms with Gasteiger partial charge in [-0.25, -0.2) is 4.79 Å². The fourth-order valence-electron chi connectivity index (χ4n) is 1.66. The molecule has 1 radical (unpaired) electrons. The molecule has 1 rings (SSSR count). The van der Waals surface area contributed by atoms with Crippen molar-refractivity contribution in [3.8, 4) is 5.75 Å². The number of carbonyl (C=O) groups is 2. The first-order valence-corrected chi connectivity index (χ1v) is 6.59. The number of methoxy groups -OCH3 is 1. The molecular formula is C15H21N2O4. The first kappa shape index (κ1) is 16.8. The van der Waals surface area contributed by atoms with Gasteiger partial charge in [0.1, 0.15) is 17.4 Å². The van der Waals surface area contributed by atoms with Gasteiger partial charge < -0.3 is 14.8 Å². The van der Waals surface area contributed by atoms with Gasteiger partial charge in [0, 0.05) is 6.42 Å². The monoisotopic (exact) mass is 293 g/mol. The highest BCUT2D eigenvalue weighted by Gasteiger charge is 2.23. The van der Waals surface area contributed by atoms with Crippen molar-refractivity contribution in [1.29, 1.82) is 0 Å². The predicted molar refractivity (Wildman–Crippen MR) is 78.0 cm³/mol. The van der Waals surface area contributed by atoms with Crippen molar-refractivity contribution in [1.82, 2.24) is 11.1 Å². The Balaban J connectivity index is 2.69. The van der Waals surface area contributed by atoms with Crippen LogP contribution < -0.4 is 15.8 Å². The highest BCUT2D eigenvalue weighted by Crippen LogP contribution is 2.13. The summed E-state index contributed by atoms with van der Waals surface area (Å²) in [6.45, 7) is 5.19. The molecule has 0 aliphatic heterocycles. The van der Waals surface area contributed by atoms with E-state index in [0.717, 1.165) is 5.56 Å². The maximum atomic E-state index is 11.7. The van der Waals surface area contributed by atoms with E-state index in [0.29, 0.717) is 5.75 Å². The molecule has 0 aromatic heterocycles. The van der Waals surface area contributed by atoms with Gasteiger partial charge in [-0.15, -0.1) is 0 Å². The number of benzene rings is 1. The van der Waals surface area contributed by atoms with Crippen LogP contribution in [0.15, 0.2) is 24.3 Å². The molecule has 0 bridgehead atoms. The Labute approximate surface area is 124 Å². The smallest absolute Gasteiger partial charge is 0.408 e. The summed E-state index contributed by atoms with van der Waals surface area (Å²) in [5.41, 5.74) is 7.42. The number of alkyl carbamates (subject to hydrolysis) is 1. The zero-order valence-corrected chi connectivity index (χ0v) is 12.7. The second-order valence-corrected chi connectivity index (χ2v) is 5.62. The molecule has 1 atom stereocenters. The van der Waals surface area contributed by atoms with Gasteiger partial charge in [0.15, 0.2) is 0 Å². The molecule has 1 unspecified atom stereocenters. The molecule has 1 aromatic carbocycles. The first-order valence-electron chi connectivity index (χ1n) is 6.59. The Morgan fingerprint density at radius 1 is 1.24 bits per heavy atom. The zero-order chi connectivity index (χ0) is 16.0. The first-order chi connectivity index (χ1) is 9.71. The van der Waals surface area contributed by atoms with Gasteiger partial charge in [0.25, 0.3) is 5.91 Å². The number of hydrogen-bond acceptors (Lipinski definition) is 4. The summed E-state index contributed by atoms with van der Waals surface area (Å²) in [7, 11) is 1.56. The summed E-state index contributed by atoms with van der Waals surface area (Å²) >= 11 is 0. The van der Waals surface area contributed by atoms with Gasteiger partial charge >= 0.3 is 6.09 Å². The van der Waals surface area contributed by atoms with E-state index in [1.807, 2.05) is 0 Å². The van der Waals surface area contributed by atoms with E-state index in [1.165, 1.54) is 0 Å². The summed E-state index contributed by atoms with van der Waals surface area (Å²) in [5, 5.41) is 2.42. The van der Waals surface area contributed by atoms with E-state index in [2.05, 4.69) is 5.32 Å². The summed E-state index contributed by atoms with van der Waals surface area (Å²) in [6, 6.07) is 6.15. The Morgan fingerprint density at radius 3 is 2.24 bits per heavy atom. The van der Waals surface area contributed by atoms with Crippen molar-refractivity contribution < 1.29 is 19.1 Å². The Bertz CT molecular complexity index is 491. The predicted octanol–water partition coefficient (Wildman–Crippen LogP) is 1.94. The molecule has 0 aliphatic rings. The normalized spacial score (nSPS) is 12.4. The van der Waals surface area contributed by atoms with Gasteiger partial charge in [0.05, 0.1) is 7.11 Å². The lowest BCUT2D eigenvalue weighted by Gasteiger charge is -2.22. The fraction of sp³-hybridized carbons (Fsp3) is 0.467. The van der Waals surface area contributed by atoms with Crippen molar-refractivity contribution in [3.05, 3.63) is 29.8 Å². The minimum atomic E-state index is -0.937. The maximum absolute atomic E-state index is 11.7. The SMILES string of the molecule is COc1ccc(CC(NC(=O)OC(C)(C)C)C([NH])=O)cc1. The van der Waals surface area contributed by atoms with Gasteiger partial charge in [-0.1, -0.05) is 12.1 Å². The lowest BCUT2D eigenvalue weighted by atomic mass is 10.1. The van der Waals surface area contributed by atoms with Gasteiger partial charge in [-0.05, 0) is 38.5 Å². The molecule has 0 aliphatic carbocycles. The Morgan fingerprint density at radius 2 is 1.81 bits per heavy atom. The lowest BCUT2D eigenvalue weighted by Crippen LogP contribution is -2.45. The van der Waals surface area contributed by atoms with E-state index < -0.39 is 23.6 Å². The van der Waals surface area contributed by atoms with Gasteiger partial charge in [-0.2, -0.15) is 0 Å². The third-order valence-corrected chi connectivity index (χ3v) is 2.61. The van der Waals surface area contributed by atoms with Crippen molar-refractivity contribution in [2.24, 2.45) is 0 Å². The van der Waals surface area contributed by atoms with Crippen LogP contribution >= 0.6 is 0 Å². The van der Waals surface area contributed by atoms with Gasteiger partial charge in [-0.3, -0.25) is 10.5 Å². The van der Waals surface area contributed by atoms with Crippen LogP contribution in [0.1, 0.15) is 26.3 Å². The van der Waals surface area contributed by atoms with E-state index in [1.54, 1.807) is 52.1 Å². The molecule has 115 valence electrons. The molecule has 21 heavy (non-hydrogen) atoms. The van der Waals surface area contributed by atoms with Crippen LogP contribution in [0.5, 0.6) is 5.75 Å². The quantitative estimate of drug-likeness (QED) is 0.898. The van der Waals surface area contributed by atoms with Crippen LogP contribution in [0, 0.1) is 0 Å². The molecule has 2 N–H and O–H groups in total. The van der Waals surface area contributed by atoms with Crippen LogP contribution in [0.25, 0.3) is 0 Å². The molecule has 6 nitrogen and oxygen atoms in total. The molecule has 0 saturated heterocycles. The van der Waals surface area contributed by atoms with Crippen molar-refractivity contribution in [3.63, 3.8) is 0 Å². The van der Waals surface area contributed by atoms with Crippen LogP contribution in [-0.2, 0) is 16.0 Å². The standard InChI is InChI=1S/C15H21N2O4/c1-15(2,3)21-14(19)17-12(13(16)18)9-10-5-7-11(20-4)8-6-10/h5-8,12,16H,9H2,1-4H3,(H,17,19). The number of amides is 2. The molecule has 1 aromatic rings. The number of hydrogen-bond donors (Lipinski definition) is 1. The number of ether oxygens (including phenoxy) is 2. The largest absolute Gasteiger partial charge is 0.497 e. The third-order valence-electron chi connectivity index (χ3n) is 2.61. The second-order valence-electron chi connectivity index (χ2n) is 5.62. The van der Waals surface area contributed by atoms with E-state index in [4.69, 9.17) is 15.2 Å². The van der Waals surface area contributed by atoms with Crippen LogP contribution in [-0.4, -0.2) is 30.8 Å². The molecular weight excluding hydrogens is 272 g/mol. The van der Waals surface area contributed by atoms with Gasteiger partial charge in [0.2, 0.25) is 0 Å². The molecule has 2 amide bonds. The summed E-state index contributed by atoms with van der Waals surface area (Å²) in [5.74, 6) is -0.163. The summed E-state index contributed by atoms with van der Waals surface area (Å²) < 4.78 is 10.1. The van der Waals surface area contributed by atoms with E-state index in [-0.39, 0.29) is 6.42 Å². The highest BCUT2D eigenvalue weighted by atomic mass is 16.6. The molecule has 0 fully saturated rings. The number of carbonyl (C=O) groups excluding carboxylic acids is 2. The Kier molecular flexibility index (Phi) is 5.58. The Hall–Kier alpha value is -2.24.